The van der Waals surface area contributed by atoms with Crippen LogP contribution in [0.3, 0.4) is 0 Å². The standard InChI is InChI=1S/C10H10BrNOS2/c1-6(13)4-7-5-12-10(14-7)8-2-3-9(11)15-8/h2-3,5-6,13H,4H2,1H3. The number of hydrogen-bond donors (Lipinski definition) is 1. The number of halogens is 1. The number of hydrogen-bond acceptors (Lipinski definition) is 4. The highest BCUT2D eigenvalue weighted by molar-refractivity contribution is 9.11. The van der Waals surface area contributed by atoms with E-state index in [2.05, 4.69) is 27.0 Å². The highest BCUT2D eigenvalue weighted by Crippen LogP contribution is 2.33. The Morgan fingerprint density at radius 2 is 2.27 bits per heavy atom. The normalized spacial score (nSPS) is 13.0. The zero-order chi connectivity index (χ0) is 10.8. The molecule has 1 unspecified atom stereocenters. The van der Waals surface area contributed by atoms with Gasteiger partial charge >= 0.3 is 0 Å². The molecule has 2 aromatic heterocycles. The van der Waals surface area contributed by atoms with Crippen molar-refractivity contribution in [3.8, 4) is 9.88 Å². The Balaban J connectivity index is 2.20. The van der Waals surface area contributed by atoms with Gasteiger partial charge in [0.2, 0.25) is 0 Å². The quantitative estimate of drug-likeness (QED) is 0.940. The van der Waals surface area contributed by atoms with E-state index < -0.39 is 0 Å². The second kappa shape index (κ2) is 4.74. The molecule has 2 nitrogen and oxygen atoms in total. The van der Waals surface area contributed by atoms with Crippen molar-refractivity contribution in [2.45, 2.75) is 19.4 Å². The Kier molecular flexibility index (Phi) is 3.56. The maximum atomic E-state index is 9.26. The number of nitrogens with zero attached hydrogens (tertiary/aromatic N) is 1. The van der Waals surface area contributed by atoms with Crippen LogP contribution in [-0.4, -0.2) is 16.2 Å². The van der Waals surface area contributed by atoms with Gasteiger partial charge in [0.1, 0.15) is 5.01 Å². The lowest BCUT2D eigenvalue weighted by Gasteiger charge is -1.97. The third-order valence-corrected chi connectivity index (χ3v) is 4.65. The van der Waals surface area contributed by atoms with Crippen LogP contribution in [0.1, 0.15) is 11.8 Å². The maximum Gasteiger partial charge on any atom is 0.133 e. The zero-order valence-corrected chi connectivity index (χ0v) is 11.3. The van der Waals surface area contributed by atoms with Crippen molar-refractivity contribution in [2.24, 2.45) is 0 Å². The van der Waals surface area contributed by atoms with Gasteiger partial charge in [0.15, 0.2) is 0 Å². The van der Waals surface area contributed by atoms with Gasteiger partial charge in [-0.25, -0.2) is 4.98 Å². The molecule has 0 bridgehead atoms. The van der Waals surface area contributed by atoms with Gasteiger partial charge in [-0.3, -0.25) is 0 Å². The van der Waals surface area contributed by atoms with Gasteiger partial charge in [0, 0.05) is 17.5 Å². The summed E-state index contributed by atoms with van der Waals surface area (Å²) in [5.41, 5.74) is 0. The second-order valence-electron chi connectivity index (χ2n) is 3.29. The van der Waals surface area contributed by atoms with E-state index in [1.54, 1.807) is 29.6 Å². The summed E-state index contributed by atoms with van der Waals surface area (Å²) in [4.78, 5) is 6.65. The highest BCUT2D eigenvalue weighted by Gasteiger charge is 2.08. The van der Waals surface area contributed by atoms with Crippen molar-refractivity contribution in [1.82, 2.24) is 4.98 Å². The molecule has 0 amide bonds. The molecular formula is C10H10BrNOS2. The monoisotopic (exact) mass is 303 g/mol. The van der Waals surface area contributed by atoms with E-state index in [0.717, 1.165) is 13.7 Å². The first-order valence-corrected chi connectivity index (χ1v) is 6.96. The maximum absolute atomic E-state index is 9.26. The minimum Gasteiger partial charge on any atom is -0.393 e. The topological polar surface area (TPSA) is 33.1 Å². The van der Waals surface area contributed by atoms with Crippen molar-refractivity contribution >= 4 is 38.6 Å². The van der Waals surface area contributed by atoms with Crippen LogP contribution in [0.2, 0.25) is 0 Å². The molecule has 1 N–H and O–H groups in total. The second-order valence-corrected chi connectivity index (χ2v) is 6.87. The number of aliphatic hydroxyl groups excluding tert-OH is 1. The minimum absolute atomic E-state index is 0.298. The number of aromatic nitrogens is 1. The molecule has 0 aromatic carbocycles. The summed E-state index contributed by atoms with van der Waals surface area (Å²) >= 11 is 6.75. The Morgan fingerprint density at radius 1 is 1.47 bits per heavy atom. The fraction of sp³-hybridized carbons (Fsp3) is 0.300. The Labute approximate surface area is 105 Å². The van der Waals surface area contributed by atoms with Gasteiger partial charge in [0.25, 0.3) is 0 Å². The first-order chi connectivity index (χ1) is 7.15. The predicted octanol–water partition coefficient (Wildman–Crippen LogP) is 3.56. The molecule has 0 saturated heterocycles. The van der Waals surface area contributed by atoms with Gasteiger partial charge in [-0.2, -0.15) is 0 Å². The smallest absolute Gasteiger partial charge is 0.133 e. The lowest BCUT2D eigenvalue weighted by Crippen LogP contribution is -2.01. The first kappa shape index (κ1) is 11.3. The fourth-order valence-electron chi connectivity index (χ4n) is 1.24. The summed E-state index contributed by atoms with van der Waals surface area (Å²) in [5.74, 6) is 0. The zero-order valence-electron chi connectivity index (χ0n) is 8.11. The third kappa shape index (κ3) is 2.87. The lowest BCUT2D eigenvalue weighted by atomic mass is 10.3. The van der Waals surface area contributed by atoms with Crippen molar-refractivity contribution in [3.05, 3.63) is 27.0 Å². The number of thiophene rings is 1. The van der Waals surface area contributed by atoms with E-state index in [4.69, 9.17) is 0 Å². The van der Waals surface area contributed by atoms with Gasteiger partial charge in [-0.15, -0.1) is 22.7 Å². The van der Waals surface area contributed by atoms with Crippen LogP contribution in [0.5, 0.6) is 0 Å². The molecule has 0 fully saturated rings. The largest absolute Gasteiger partial charge is 0.393 e. The summed E-state index contributed by atoms with van der Waals surface area (Å²) in [7, 11) is 0. The minimum atomic E-state index is -0.298. The molecule has 0 radical (unpaired) electrons. The number of thiazole rings is 1. The van der Waals surface area contributed by atoms with Crippen LogP contribution in [0, 0.1) is 0 Å². The molecule has 15 heavy (non-hydrogen) atoms. The summed E-state index contributed by atoms with van der Waals surface area (Å²) in [5, 5.41) is 10.3. The molecule has 2 heterocycles. The SMILES string of the molecule is CC(O)Cc1cnc(-c2ccc(Br)s2)s1. The fourth-order valence-corrected chi connectivity index (χ4v) is 3.72. The average molecular weight is 304 g/mol. The van der Waals surface area contributed by atoms with E-state index in [9.17, 15) is 5.11 Å². The molecule has 0 aliphatic carbocycles. The van der Waals surface area contributed by atoms with Crippen LogP contribution in [-0.2, 0) is 6.42 Å². The molecular weight excluding hydrogens is 294 g/mol. The Hall–Kier alpha value is -0.230. The van der Waals surface area contributed by atoms with Crippen LogP contribution < -0.4 is 0 Å². The summed E-state index contributed by atoms with van der Waals surface area (Å²) in [6.07, 6.45) is 2.23. The molecule has 2 rings (SSSR count). The summed E-state index contributed by atoms with van der Waals surface area (Å²) < 4.78 is 1.12. The average Bonchev–Trinajstić information content (AvgIpc) is 2.72. The Bertz CT molecular complexity index is 450. The van der Waals surface area contributed by atoms with Crippen molar-refractivity contribution < 1.29 is 5.11 Å². The number of rotatable bonds is 3. The van der Waals surface area contributed by atoms with Crippen molar-refractivity contribution in [3.63, 3.8) is 0 Å². The molecule has 0 aliphatic rings. The first-order valence-electron chi connectivity index (χ1n) is 4.53. The Morgan fingerprint density at radius 3 is 2.87 bits per heavy atom. The van der Waals surface area contributed by atoms with Crippen LogP contribution in [0.15, 0.2) is 22.1 Å². The summed E-state index contributed by atoms with van der Waals surface area (Å²) in [6.45, 7) is 1.79. The third-order valence-electron chi connectivity index (χ3n) is 1.83. The molecule has 5 heteroatoms. The van der Waals surface area contributed by atoms with Crippen molar-refractivity contribution in [1.29, 1.82) is 0 Å². The van der Waals surface area contributed by atoms with Crippen LogP contribution in [0.4, 0.5) is 0 Å². The number of aliphatic hydroxyl groups is 1. The van der Waals surface area contributed by atoms with Gasteiger partial charge in [0.05, 0.1) is 14.8 Å². The predicted molar refractivity (Wildman–Crippen MR) is 68.5 cm³/mol. The highest BCUT2D eigenvalue weighted by atomic mass is 79.9. The van der Waals surface area contributed by atoms with Crippen LogP contribution in [0.25, 0.3) is 9.88 Å². The van der Waals surface area contributed by atoms with Gasteiger partial charge in [-0.1, -0.05) is 0 Å². The molecule has 2 aromatic rings. The molecule has 0 spiro atoms. The molecule has 0 aliphatic heterocycles. The van der Waals surface area contributed by atoms with Gasteiger partial charge in [-0.05, 0) is 35.0 Å². The van der Waals surface area contributed by atoms with E-state index in [0.29, 0.717) is 6.42 Å². The van der Waals surface area contributed by atoms with Crippen molar-refractivity contribution in [2.75, 3.05) is 0 Å². The van der Waals surface area contributed by atoms with E-state index in [1.807, 2.05) is 12.3 Å². The van der Waals surface area contributed by atoms with Crippen LogP contribution >= 0.6 is 38.6 Å². The van der Waals surface area contributed by atoms with E-state index in [1.165, 1.54) is 4.88 Å². The lowest BCUT2D eigenvalue weighted by molar-refractivity contribution is 0.196. The molecule has 1 atom stereocenters. The van der Waals surface area contributed by atoms with E-state index in [-0.39, 0.29) is 6.10 Å². The van der Waals surface area contributed by atoms with E-state index >= 15 is 0 Å². The molecule has 80 valence electrons. The molecule has 0 saturated carbocycles. The summed E-state index contributed by atoms with van der Waals surface area (Å²) in [6, 6.07) is 4.08. The van der Waals surface area contributed by atoms with Gasteiger partial charge < -0.3 is 5.11 Å².